The zero-order valence-electron chi connectivity index (χ0n) is 16.6. The van der Waals surface area contributed by atoms with Crippen molar-refractivity contribution in [3.8, 4) is 23.8 Å². The van der Waals surface area contributed by atoms with Crippen molar-refractivity contribution in [1.82, 2.24) is 5.32 Å². The normalized spacial score (nSPS) is 10.2. The van der Waals surface area contributed by atoms with Crippen molar-refractivity contribution in [3.63, 3.8) is 0 Å². The molecule has 1 amide bonds. The van der Waals surface area contributed by atoms with E-state index in [9.17, 15) is 4.79 Å². The Kier molecular flexibility index (Phi) is 10.4. The summed E-state index contributed by atoms with van der Waals surface area (Å²) in [6.45, 7) is 2.49. The Balaban J connectivity index is 0.00000420. The van der Waals surface area contributed by atoms with Crippen LogP contribution < -0.4 is 25.4 Å². The number of halogens is 1. The molecule has 7 nitrogen and oxygen atoms in total. The van der Waals surface area contributed by atoms with Crippen LogP contribution in [0.1, 0.15) is 12.5 Å². The van der Waals surface area contributed by atoms with E-state index in [0.717, 1.165) is 5.69 Å². The molecule has 0 heterocycles. The van der Waals surface area contributed by atoms with Crippen molar-refractivity contribution in [2.45, 2.75) is 6.92 Å². The number of rotatable bonds is 7. The van der Waals surface area contributed by atoms with Gasteiger partial charge in [-0.1, -0.05) is 12.0 Å². The fraction of sp³-hybridized carbons (Fsp3) is 0.238. The molecule has 0 saturated carbocycles. The van der Waals surface area contributed by atoms with Crippen molar-refractivity contribution in [2.75, 3.05) is 37.9 Å². The number of carbonyl (C=O) groups excluding carboxylic acids is 1. The van der Waals surface area contributed by atoms with Gasteiger partial charge in [-0.25, -0.2) is 0 Å². The summed E-state index contributed by atoms with van der Waals surface area (Å²) in [7, 11) is 3.20. The van der Waals surface area contributed by atoms with Crippen molar-refractivity contribution in [3.05, 3.63) is 48.0 Å². The molecule has 8 heteroatoms. The molecule has 29 heavy (non-hydrogen) atoms. The molecule has 0 saturated heterocycles. The number of carbonyl (C=O) groups is 1. The zero-order valence-corrected chi connectivity index (χ0v) is 18.9. The lowest BCUT2D eigenvalue weighted by atomic mass is 10.2. The van der Waals surface area contributed by atoms with Crippen molar-refractivity contribution in [2.24, 2.45) is 4.99 Å². The highest BCUT2D eigenvalue weighted by atomic mass is 127. The third-order valence-corrected chi connectivity index (χ3v) is 3.68. The molecule has 2 aromatic rings. The predicted molar refractivity (Wildman–Crippen MR) is 128 cm³/mol. The van der Waals surface area contributed by atoms with Gasteiger partial charge >= 0.3 is 0 Å². The van der Waals surface area contributed by atoms with Crippen LogP contribution in [0.15, 0.2) is 47.5 Å². The summed E-state index contributed by atoms with van der Waals surface area (Å²) in [5.41, 5.74) is 2.09. The molecule has 0 unspecified atom stereocenters. The second-order valence-corrected chi connectivity index (χ2v) is 5.62. The van der Waals surface area contributed by atoms with E-state index in [1.54, 1.807) is 44.5 Å². The van der Waals surface area contributed by atoms with Crippen molar-refractivity contribution < 1.29 is 14.3 Å². The second-order valence-electron chi connectivity index (χ2n) is 5.62. The quantitative estimate of drug-likeness (QED) is 0.231. The summed E-state index contributed by atoms with van der Waals surface area (Å²) in [6.07, 6.45) is 5.37. The molecule has 0 aliphatic heterocycles. The van der Waals surface area contributed by atoms with Crippen LogP contribution in [-0.2, 0) is 4.79 Å². The van der Waals surface area contributed by atoms with E-state index in [2.05, 4.69) is 26.9 Å². The average molecular weight is 508 g/mol. The number of methoxy groups -OCH3 is 1. The lowest BCUT2D eigenvalue weighted by Crippen LogP contribution is -2.37. The van der Waals surface area contributed by atoms with Crippen LogP contribution in [-0.4, -0.2) is 39.2 Å². The smallest absolute Gasteiger partial charge is 0.243 e. The van der Waals surface area contributed by atoms with Crippen LogP contribution >= 0.6 is 24.0 Å². The highest BCUT2D eigenvalue weighted by Crippen LogP contribution is 2.30. The molecular formula is C21H25IN4O3. The van der Waals surface area contributed by atoms with Gasteiger partial charge in [0.1, 0.15) is 0 Å². The number of aliphatic imine (C=N–C) groups is 1. The molecule has 0 aliphatic carbocycles. The van der Waals surface area contributed by atoms with Crippen molar-refractivity contribution >= 4 is 47.2 Å². The Hall–Kier alpha value is -2.93. The van der Waals surface area contributed by atoms with Crippen LogP contribution in [0.4, 0.5) is 11.4 Å². The lowest BCUT2D eigenvalue weighted by molar-refractivity contribution is -0.115. The Morgan fingerprint density at radius 1 is 1.14 bits per heavy atom. The van der Waals surface area contributed by atoms with E-state index >= 15 is 0 Å². The highest BCUT2D eigenvalue weighted by molar-refractivity contribution is 14.0. The minimum Gasteiger partial charge on any atom is -0.493 e. The molecular weight excluding hydrogens is 483 g/mol. The fourth-order valence-electron chi connectivity index (χ4n) is 2.39. The number of terminal acetylenes is 1. The van der Waals surface area contributed by atoms with Gasteiger partial charge in [0.15, 0.2) is 17.5 Å². The average Bonchev–Trinajstić information content (AvgIpc) is 2.72. The van der Waals surface area contributed by atoms with E-state index in [1.165, 1.54) is 0 Å². The topological polar surface area (TPSA) is 84.0 Å². The van der Waals surface area contributed by atoms with Gasteiger partial charge in [0.2, 0.25) is 5.91 Å². The monoisotopic (exact) mass is 508 g/mol. The molecule has 0 aromatic heterocycles. The molecule has 154 valence electrons. The summed E-state index contributed by atoms with van der Waals surface area (Å²) in [5, 5.41) is 8.85. The van der Waals surface area contributed by atoms with E-state index in [0.29, 0.717) is 35.3 Å². The molecule has 3 N–H and O–H groups in total. The molecule has 0 atom stereocenters. The number of ether oxygens (including phenoxy) is 2. The molecule has 0 bridgehead atoms. The van der Waals surface area contributed by atoms with E-state index < -0.39 is 0 Å². The summed E-state index contributed by atoms with van der Waals surface area (Å²) in [4.78, 5) is 16.3. The van der Waals surface area contributed by atoms with Crippen LogP contribution in [0.25, 0.3) is 0 Å². The number of amides is 1. The Labute approximate surface area is 188 Å². The number of anilines is 2. The van der Waals surface area contributed by atoms with Gasteiger partial charge in [0.05, 0.1) is 20.3 Å². The molecule has 2 aromatic carbocycles. The van der Waals surface area contributed by atoms with Crippen molar-refractivity contribution in [1.29, 1.82) is 0 Å². The maximum absolute atomic E-state index is 12.2. The van der Waals surface area contributed by atoms with Crippen LogP contribution in [0.3, 0.4) is 0 Å². The third-order valence-electron chi connectivity index (χ3n) is 3.68. The van der Waals surface area contributed by atoms with Gasteiger partial charge in [-0.05, 0) is 37.3 Å². The first-order valence-electron chi connectivity index (χ1n) is 8.74. The largest absolute Gasteiger partial charge is 0.493 e. The minimum atomic E-state index is -0.221. The van der Waals surface area contributed by atoms with E-state index in [1.807, 2.05) is 19.1 Å². The third kappa shape index (κ3) is 7.54. The number of nitrogens with one attached hydrogen (secondary N) is 3. The van der Waals surface area contributed by atoms with Gasteiger partial charge < -0.3 is 25.4 Å². The SMILES string of the molecule is C#Cc1cccc(NC(=O)CNC(=NC)Nc2ccc(OCC)c(OC)c2)c1.I. The van der Waals surface area contributed by atoms with Crippen LogP contribution in [0.5, 0.6) is 11.5 Å². The maximum Gasteiger partial charge on any atom is 0.243 e. The molecule has 0 aliphatic rings. The standard InChI is InChI=1S/C21H24N4O3.HI/c1-5-15-8-7-9-16(12-15)24-20(26)14-23-21(22-3)25-17-10-11-18(28-6-2)19(13-17)27-4;/h1,7-13H,6,14H2,2-4H3,(H,24,26)(H2,22,23,25);1H. The van der Waals surface area contributed by atoms with Crippen LogP contribution in [0, 0.1) is 12.3 Å². The van der Waals surface area contributed by atoms with E-state index in [-0.39, 0.29) is 36.4 Å². The van der Waals surface area contributed by atoms with Gasteiger partial charge in [-0.3, -0.25) is 9.79 Å². The van der Waals surface area contributed by atoms with Crippen LogP contribution in [0.2, 0.25) is 0 Å². The zero-order chi connectivity index (χ0) is 20.4. The maximum atomic E-state index is 12.2. The number of hydrogen-bond donors (Lipinski definition) is 3. The Morgan fingerprint density at radius 2 is 1.90 bits per heavy atom. The summed E-state index contributed by atoms with van der Waals surface area (Å²) < 4.78 is 10.8. The summed E-state index contributed by atoms with van der Waals surface area (Å²) >= 11 is 0. The number of guanidine groups is 1. The number of hydrogen-bond acceptors (Lipinski definition) is 4. The van der Waals surface area contributed by atoms with Gasteiger partial charge in [0, 0.05) is 30.1 Å². The molecule has 2 rings (SSSR count). The summed E-state index contributed by atoms with van der Waals surface area (Å²) in [5.74, 6) is 4.02. The Bertz CT molecular complexity index is 894. The first kappa shape index (κ1) is 24.1. The number of nitrogens with zero attached hydrogens (tertiary/aromatic N) is 1. The first-order valence-corrected chi connectivity index (χ1v) is 8.74. The van der Waals surface area contributed by atoms with Gasteiger partial charge in [-0.15, -0.1) is 30.4 Å². The predicted octanol–water partition coefficient (Wildman–Crippen LogP) is 3.32. The lowest BCUT2D eigenvalue weighted by Gasteiger charge is -2.14. The molecule has 0 fully saturated rings. The Morgan fingerprint density at radius 3 is 2.55 bits per heavy atom. The first-order chi connectivity index (χ1) is 13.6. The molecule has 0 radical (unpaired) electrons. The summed E-state index contributed by atoms with van der Waals surface area (Å²) in [6, 6.07) is 12.5. The van der Waals surface area contributed by atoms with Gasteiger partial charge in [0.25, 0.3) is 0 Å². The number of benzene rings is 2. The van der Waals surface area contributed by atoms with Gasteiger partial charge in [-0.2, -0.15) is 0 Å². The van der Waals surface area contributed by atoms with E-state index in [4.69, 9.17) is 15.9 Å². The highest BCUT2D eigenvalue weighted by Gasteiger charge is 2.08. The minimum absolute atomic E-state index is 0. The second kappa shape index (κ2) is 12.5. The molecule has 0 spiro atoms. The fourth-order valence-corrected chi connectivity index (χ4v) is 2.39.